The van der Waals surface area contributed by atoms with Gasteiger partial charge in [-0.25, -0.2) is 4.79 Å². The predicted molar refractivity (Wildman–Crippen MR) is 97.3 cm³/mol. The smallest absolute Gasteiger partial charge is 0.348 e. The largest absolute Gasteiger partial charge is 0.493 e. The van der Waals surface area contributed by atoms with Crippen LogP contribution in [-0.4, -0.2) is 39.3 Å². The molecule has 1 amide bonds. The third kappa shape index (κ3) is 3.97. The Labute approximate surface area is 154 Å². The molecule has 0 atom stereocenters. The number of hydrogen-bond donors (Lipinski definition) is 1. The molecular weight excluding hydrogens is 358 g/mol. The lowest BCUT2D eigenvalue weighted by Gasteiger charge is -2.20. The lowest BCUT2D eigenvalue weighted by atomic mass is 10.1. The van der Waals surface area contributed by atoms with Crippen LogP contribution in [-0.2, 0) is 9.53 Å². The van der Waals surface area contributed by atoms with Gasteiger partial charge in [-0.05, 0) is 35.9 Å². The molecule has 136 valence electrons. The zero-order valence-corrected chi connectivity index (χ0v) is 15.1. The Hall–Kier alpha value is -3.00. The summed E-state index contributed by atoms with van der Waals surface area (Å²) < 4.78 is 21.1. The number of methoxy groups -OCH3 is 2. The molecule has 1 aliphatic rings. The van der Waals surface area contributed by atoms with Crippen LogP contribution in [0.2, 0.25) is 0 Å². The predicted octanol–water partition coefficient (Wildman–Crippen LogP) is 2.97. The average Bonchev–Trinajstić information content (AvgIpc) is 3.13. The van der Waals surface area contributed by atoms with Crippen molar-refractivity contribution in [3.63, 3.8) is 0 Å². The molecule has 0 spiro atoms. The van der Waals surface area contributed by atoms with Gasteiger partial charge >= 0.3 is 5.97 Å². The standard InChI is InChI=1S/C18H17NO6S/c1-22-12-9-11(10-13-17(12)25-8-7-24-13)3-5-15(20)19-16-6-4-14(26-16)18(21)23-2/h3-6,9-10H,7-8H2,1-2H3,(H,19,20)/b5-3+. The molecule has 0 saturated heterocycles. The van der Waals surface area contributed by atoms with Gasteiger partial charge in [-0.15, -0.1) is 11.3 Å². The third-order valence-electron chi connectivity index (χ3n) is 3.52. The zero-order valence-electron chi connectivity index (χ0n) is 14.2. The van der Waals surface area contributed by atoms with Gasteiger partial charge in [0.15, 0.2) is 11.5 Å². The van der Waals surface area contributed by atoms with E-state index in [4.69, 9.17) is 14.2 Å². The van der Waals surface area contributed by atoms with Gasteiger partial charge in [0.2, 0.25) is 11.7 Å². The first-order chi connectivity index (χ1) is 12.6. The van der Waals surface area contributed by atoms with Crippen LogP contribution < -0.4 is 19.5 Å². The summed E-state index contributed by atoms with van der Waals surface area (Å²) in [6.45, 7) is 0.931. The van der Waals surface area contributed by atoms with E-state index in [1.165, 1.54) is 13.2 Å². The fourth-order valence-corrected chi connectivity index (χ4v) is 3.17. The second kappa shape index (κ2) is 7.92. The van der Waals surface area contributed by atoms with Crippen LogP contribution in [0.25, 0.3) is 6.08 Å². The summed E-state index contributed by atoms with van der Waals surface area (Å²) in [6.07, 6.45) is 3.04. The fourth-order valence-electron chi connectivity index (χ4n) is 2.34. The van der Waals surface area contributed by atoms with Crippen LogP contribution in [0.1, 0.15) is 15.2 Å². The van der Waals surface area contributed by atoms with E-state index in [0.29, 0.717) is 40.3 Å². The molecule has 2 heterocycles. The molecule has 0 radical (unpaired) electrons. The number of carbonyl (C=O) groups is 2. The quantitative estimate of drug-likeness (QED) is 0.639. The van der Waals surface area contributed by atoms with Gasteiger partial charge in [0.25, 0.3) is 0 Å². The van der Waals surface area contributed by atoms with Crippen LogP contribution in [0.15, 0.2) is 30.3 Å². The number of amides is 1. The lowest BCUT2D eigenvalue weighted by Crippen LogP contribution is -2.16. The first-order valence-electron chi connectivity index (χ1n) is 7.75. The minimum atomic E-state index is -0.436. The number of fused-ring (bicyclic) bond motifs is 1. The number of hydrogen-bond acceptors (Lipinski definition) is 7. The van der Waals surface area contributed by atoms with Crippen molar-refractivity contribution in [3.05, 3.63) is 40.8 Å². The van der Waals surface area contributed by atoms with Crippen LogP contribution in [0, 0.1) is 0 Å². The van der Waals surface area contributed by atoms with E-state index >= 15 is 0 Å². The number of esters is 1. The Morgan fingerprint density at radius 1 is 1.19 bits per heavy atom. The molecule has 0 saturated carbocycles. The maximum absolute atomic E-state index is 12.1. The number of rotatable bonds is 5. The van der Waals surface area contributed by atoms with Crippen molar-refractivity contribution in [3.8, 4) is 17.2 Å². The summed E-state index contributed by atoms with van der Waals surface area (Å²) in [5.74, 6) is 0.931. The normalized spacial score (nSPS) is 12.7. The van der Waals surface area contributed by atoms with E-state index in [9.17, 15) is 9.59 Å². The van der Waals surface area contributed by atoms with Crippen molar-refractivity contribution in [1.82, 2.24) is 0 Å². The van der Waals surface area contributed by atoms with Crippen LogP contribution >= 0.6 is 11.3 Å². The van der Waals surface area contributed by atoms with Gasteiger partial charge < -0.3 is 24.3 Å². The number of carbonyl (C=O) groups excluding carboxylic acids is 2. The van der Waals surface area contributed by atoms with E-state index in [-0.39, 0.29) is 5.91 Å². The zero-order chi connectivity index (χ0) is 18.5. The summed E-state index contributed by atoms with van der Waals surface area (Å²) in [4.78, 5) is 23.9. The van der Waals surface area contributed by atoms with E-state index in [1.807, 2.05) is 0 Å². The van der Waals surface area contributed by atoms with E-state index < -0.39 is 5.97 Å². The molecule has 1 N–H and O–H groups in total. The van der Waals surface area contributed by atoms with E-state index in [0.717, 1.165) is 16.9 Å². The topological polar surface area (TPSA) is 83.1 Å². The van der Waals surface area contributed by atoms with Gasteiger partial charge in [0.1, 0.15) is 18.1 Å². The van der Waals surface area contributed by atoms with Crippen molar-refractivity contribution in [1.29, 1.82) is 0 Å². The molecule has 3 rings (SSSR count). The molecule has 0 aliphatic carbocycles. The van der Waals surface area contributed by atoms with E-state index in [2.05, 4.69) is 10.1 Å². The molecule has 7 nitrogen and oxygen atoms in total. The average molecular weight is 375 g/mol. The lowest BCUT2D eigenvalue weighted by molar-refractivity contribution is -0.111. The van der Waals surface area contributed by atoms with Crippen LogP contribution in [0.5, 0.6) is 17.2 Å². The Balaban J connectivity index is 1.70. The number of anilines is 1. The number of benzene rings is 1. The molecule has 1 aromatic carbocycles. The Bertz CT molecular complexity index is 840. The monoisotopic (exact) mass is 375 g/mol. The number of nitrogens with one attached hydrogen (secondary N) is 1. The molecule has 1 aliphatic heterocycles. The molecule has 0 bridgehead atoms. The first-order valence-corrected chi connectivity index (χ1v) is 8.57. The third-order valence-corrected chi connectivity index (χ3v) is 4.50. The maximum Gasteiger partial charge on any atom is 0.348 e. The van der Waals surface area contributed by atoms with E-state index in [1.54, 1.807) is 37.5 Å². The Kier molecular flexibility index (Phi) is 5.43. The molecule has 8 heteroatoms. The highest BCUT2D eigenvalue weighted by Crippen LogP contribution is 2.40. The molecule has 0 fully saturated rings. The molecular formula is C18H17NO6S. The highest BCUT2D eigenvalue weighted by molar-refractivity contribution is 7.18. The minimum absolute atomic E-state index is 0.322. The summed E-state index contributed by atoms with van der Waals surface area (Å²) in [5, 5.41) is 3.26. The highest BCUT2D eigenvalue weighted by atomic mass is 32.1. The van der Waals surface area contributed by atoms with Crippen LogP contribution in [0.4, 0.5) is 5.00 Å². The molecule has 0 unspecified atom stereocenters. The van der Waals surface area contributed by atoms with Gasteiger partial charge in [-0.3, -0.25) is 4.79 Å². The van der Waals surface area contributed by atoms with Crippen molar-refractivity contribution < 1.29 is 28.5 Å². The van der Waals surface area contributed by atoms with Gasteiger partial charge in [-0.2, -0.15) is 0 Å². The summed E-state index contributed by atoms with van der Waals surface area (Å²) in [6, 6.07) is 6.79. The summed E-state index contributed by atoms with van der Waals surface area (Å²) in [7, 11) is 2.86. The van der Waals surface area contributed by atoms with Crippen molar-refractivity contribution >= 4 is 34.3 Å². The van der Waals surface area contributed by atoms with Crippen molar-refractivity contribution in [2.24, 2.45) is 0 Å². The van der Waals surface area contributed by atoms with Crippen LogP contribution in [0.3, 0.4) is 0 Å². The van der Waals surface area contributed by atoms with Gasteiger partial charge in [0.05, 0.1) is 19.2 Å². The van der Waals surface area contributed by atoms with Gasteiger partial charge in [-0.1, -0.05) is 0 Å². The number of ether oxygens (including phenoxy) is 4. The summed E-state index contributed by atoms with van der Waals surface area (Å²) in [5.41, 5.74) is 0.739. The highest BCUT2D eigenvalue weighted by Gasteiger charge is 2.18. The molecule has 26 heavy (non-hydrogen) atoms. The minimum Gasteiger partial charge on any atom is -0.493 e. The molecule has 1 aromatic heterocycles. The molecule has 2 aromatic rings. The SMILES string of the molecule is COC(=O)c1ccc(NC(=O)/C=C/c2cc(OC)c3c(c2)OCCO3)s1. The first kappa shape index (κ1) is 17.8. The maximum atomic E-state index is 12.1. The Morgan fingerprint density at radius 2 is 2.00 bits per heavy atom. The number of thiophene rings is 1. The summed E-state index contributed by atoms with van der Waals surface area (Å²) >= 11 is 1.14. The second-order valence-corrected chi connectivity index (χ2v) is 6.31. The Morgan fingerprint density at radius 3 is 2.77 bits per heavy atom. The van der Waals surface area contributed by atoms with Crippen molar-refractivity contribution in [2.75, 3.05) is 32.8 Å². The van der Waals surface area contributed by atoms with Gasteiger partial charge in [0, 0.05) is 6.08 Å². The fraction of sp³-hybridized carbons (Fsp3) is 0.222. The van der Waals surface area contributed by atoms with Crippen molar-refractivity contribution in [2.45, 2.75) is 0 Å². The second-order valence-electron chi connectivity index (χ2n) is 5.23.